The van der Waals surface area contributed by atoms with Crippen molar-refractivity contribution in [2.24, 2.45) is 0 Å². The number of aromatic nitrogens is 1. The van der Waals surface area contributed by atoms with Crippen LogP contribution in [-0.2, 0) is 21.5 Å². The van der Waals surface area contributed by atoms with Crippen LogP contribution >= 0.6 is 11.3 Å². The summed E-state index contributed by atoms with van der Waals surface area (Å²) >= 11 is 1.24. The van der Waals surface area contributed by atoms with E-state index >= 15 is 0 Å². The maximum absolute atomic E-state index is 14.1. The first kappa shape index (κ1) is 20.5. The average Bonchev–Trinajstić information content (AvgIpc) is 3.12. The van der Waals surface area contributed by atoms with Crippen molar-refractivity contribution in [1.82, 2.24) is 10.3 Å². The molecule has 1 amide bonds. The Hall–Kier alpha value is -3.20. The number of carboxylic acids is 1. The normalized spacial score (nSPS) is 13.0. The molecule has 3 rings (SSSR count). The number of thiazole rings is 1. The summed E-state index contributed by atoms with van der Waals surface area (Å²) in [6.45, 7) is 1.08. The zero-order valence-corrected chi connectivity index (χ0v) is 15.9. The summed E-state index contributed by atoms with van der Waals surface area (Å²) in [4.78, 5) is 28.4. The molecule has 0 aliphatic carbocycles. The Morgan fingerprint density at radius 1 is 1.10 bits per heavy atom. The van der Waals surface area contributed by atoms with E-state index in [9.17, 15) is 27.9 Å². The third-order valence-corrected chi connectivity index (χ3v) is 5.21. The quantitative estimate of drug-likeness (QED) is 0.634. The van der Waals surface area contributed by atoms with E-state index in [0.29, 0.717) is 16.3 Å². The van der Waals surface area contributed by atoms with E-state index in [1.165, 1.54) is 23.5 Å². The highest BCUT2D eigenvalue weighted by Crippen LogP contribution is 2.27. The van der Waals surface area contributed by atoms with Gasteiger partial charge in [0.1, 0.15) is 22.5 Å². The van der Waals surface area contributed by atoms with Gasteiger partial charge in [0, 0.05) is 16.5 Å². The van der Waals surface area contributed by atoms with Crippen LogP contribution in [-0.4, -0.2) is 22.0 Å². The molecule has 150 valence electrons. The number of hydrogen-bond donors (Lipinski definition) is 2. The number of rotatable bonds is 6. The maximum atomic E-state index is 14.1. The second-order valence-corrected chi connectivity index (χ2v) is 7.29. The molecular formula is C20H15F3N2O3S. The highest BCUT2D eigenvalue weighted by molar-refractivity contribution is 7.13. The number of halogens is 3. The zero-order chi connectivity index (χ0) is 21.2. The monoisotopic (exact) mass is 420 g/mol. The number of amides is 1. The number of carbonyl (C=O) groups is 2. The lowest BCUT2D eigenvalue weighted by Gasteiger charge is -2.27. The molecule has 2 aromatic carbocycles. The summed E-state index contributed by atoms with van der Waals surface area (Å²) < 4.78 is 40.6. The van der Waals surface area contributed by atoms with E-state index in [4.69, 9.17) is 0 Å². The Morgan fingerprint density at radius 2 is 1.76 bits per heavy atom. The third-order valence-electron chi connectivity index (χ3n) is 4.27. The van der Waals surface area contributed by atoms with Crippen LogP contribution in [0.1, 0.15) is 18.2 Å². The van der Waals surface area contributed by atoms with Crippen molar-refractivity contribution in [1.29, 1.82) is 0 Å². The minimum atomic E-state index is -2.17. The lowest BCUT2D eigenvalue weighted by Crippen LogP contribution is -2.50. The molecule has 0 saturated heterocycles. The van der Waals surface area contributed by atoms with Gasteiger partial charge in [0.2, 0.25) is 5.91 Å². The van der Waals surface area contributed by atoms with E-state index in [1.807, 2.05) is 0 Å². The van der Waals surface area contributed by atoms with Gasteiger partial charge in [0.05, 0.1) is 12.1 Å². The van der Waals surface area contributed by atoms with Crippen molar-refractivity contribution in [2.75, 3.05) is 0 Å². The molecule has 0 spiro atoms. The lowest BCUT2D eigenvalue weighted by atomic mass is 9.91. The van der Waals surface area contributed by atoms with Gasteiger partial charge in [-0.05, 0) is 49.4 Å². The van der Waals surface area contributed by atoms with Crippen LogP contribution in [0.25, 0.3) is 10.6 Å². The van der Waals surface area contributed by atoms with Crippen molar-refractivity contribution < 1.29 is 27.9 Å². The van der Waals surface area contributed by atoms with Crippen LogP contribution in [0.3, 0.4) is 0 Å². The lowest BCUT2D eigenvalue weighted by molar-refractivity contribution is -0.147. The minimum Gasteiger partial charge on any atom is -0.479 e. The number of nitrogens with one attached hydrogen (secondary N) is 1. The number of aliphatic carboxylic acids is 1. The topological polar surface area (TPSA) is 79.3 Å². The summed E-state index contributed by atoms with van der Waals surface area (Å²) in [6.07, 6.45) is -0.266. The highest BCUT2D eigenvalue weighted by Gasteiger charge is 2.39. The summed E-state index contributed by atoms with van der Waals surface area (Å²) in [5, 5.41) is 14.0. The molecule has 5 nitrogen and oxygen atoms in total. The van der Waals surface area contributed by atoms with Gasteiger partial charge in [0.15, 0.2) is 5.54 Å². The predicted octanol–water partition coefficient (Wildman–Crippen LogP) is 3.89. The van der Waals surface area contributed by atoms with Gasteiger partial charge in [-0.1, -0.05) is 0 Å². The highest BCUT2D eigenvalue weighted by atomic mass is 32.1. The minimum absolute atomic E-state index is 0.266. The van der Waals surface area contributed by atoms with Gasteiger partial charge in [0.25, 0.3) is 0 Å². The molecule has 1 heterocycles. The molecule has 1 aromatic heterocycles. The number of benzene rings is 2. The molecule has 0 bridgehead atoms. The van der Waals surface area contributed by atoms with Crippen LogP contribution < -0.4 is 5.32 Å². The Bertz CT molecular complexity index is 1070. The fourth-order valence-electron chi connectivity index (χ4n) is 2.72. The first-order valence-corrected chi connectivity index (χ1v) is 9.27. The number of nitrogens with zero attached hydrogens (tertiary/aromatic N) is 1. The molecular weight excluding hydrogens is 405 g/mol. The summed E-state index contributed by atoms with van der Waals surface area (Å²) in [6, 6.07) is 8.06. The Balaban J connectivity index is 1.79. The predicted molar refractivity (Wildman–Crippen MR) is 101 cm³/mol. The largest absolute Gasteiger partial charge is 0.479 e. The van der Waals surface area contributed by atoms with Crippen LogP contribution in [0.2, 0.25) is 0 Å². The summed E-state index contributed by atoms with van der Waals surface area (Å²) in [5.74, 6) is -4.44. The Kier molecular flexibility index (Phi) is 5.69. The number of carbonyl (C=O) groups excluding carboxylic acids is 1. The first-order valence-electron chi connectivity index (χ1n) is 8.39. The first-order chi connectivity index (χ1) is 13.7. The second kappa shape index (κ2) is 8.04. The second-order valence-electron chi connectivity index (χ2n) is 6.43. The molecule has 0 radical (unpaired) electrons. The maximum Gasteiger partial charge on any atom is 0.333 e. The molecule has 9 heteroatoms. The van der Waals surface area contributed by atoms with E-state index in [2.05, 4.69) is 10.3 Å². The average molecular weight is 420 g/mol. The number of hydrogen-bond acceptors (Lipinski definition) is 4. The molecule has 2 N–H and O–H groups in total. The van der Waals surface area contributed by atoms with E-state index in [0.717, 1.165) is 25.1 Å². The number of carboxylic acid groups (broad SMARTS) is 1. The van der Waals surface area contributed by atoms with Gasteiger partial charge in [-0.25, -0.2) is 22.9 Å². The molecule has 0 fully saturated rings. The van der Waals surface area contributed by atoms with Crippen LogP contribution in [0.4, 0.5) is 13.2 Å². The SMILES string of the molecule is CC(NC(=O)Cc1csc(-c2ccc(F)cc2)n1)(C(=O)O)c1cc(F)ccc1F. The van der Waals surface area contributed by atoms with Crippen molar-refractivity contribution in [3.63, 3.8) is 0 Å². The molecule has 1 atom stereocenters. The molecule has 0 aliphatic heterocycles. The molecule has 29 heavy (non-hydrogen) atoms. The summed E-state index contributed by atoms with van der Waals surface area (Å²) in [5.41, 5.74) is -1.64. The van der Waals surface area contributed by atoms with Crippen molar-refractivity contribution in [3.05, 3.63) is 76.6 Å². The van der Waals surface area contributed by atoms with Gasteiger partial charge in [-0.15, -0.1) is 11.3 Å². The standard InChI is InChI=1S/C20H15F3N2O3S/c1-20(19(27)28,15-8-13(22)6-7-16(15)23)25-17(26)9-14-10-29-18(24-14)11-2-4-12(21)5-3-11/h2-8,10H,9H2,1H3,(H,25,26)(H,27,28). The fourth-order valence-corrected chi connectivity index (χ4v) is 3.54. The zero-order valence-electron chi connectivity index (χ0n) is 15.1. The van der Waals surface area contributed by atoms with Gasteiger partial charge in [-0.3, -0.25) is 4.79 Å². The van der Waals surface area contributed by atoms with Gasteiger partial charge in [-0.2, -0.15) is 0 Å². The van der Waals surface area contributed by atoms with Gasteiger partial charge >= 0.3 is 5.97 Å². The third kappa shape index (κ3) is 4.45. The summed E-state index contributed by atoms with van der Waals surface area (Å²) in [7, 11) is 0. The van der Waals surface area contributed by atoms with Crippen LogP contribution in [0, 0.1) is 17.5 Å². The van der Waals surface area contributed by atoms with E-state index in [-0.39, 0.29) is 12.2 Å². The van der Waals surface area contributed by atoms with Gasteiger partial charge < -0.3 is 10.4 Å². The molecule has 0 aliphatic rings. The smallest absolute Gasteiger partial charge is 0.333 e. The van der Waals surface area contributed by atoms with Crippen molar-refractivity contribution in [2.45, 2.75) is 18.9 Å². The van der Waals surface area contributed by atoms with Crippen molar-refractivity contribution in [3.8, 4) is 10.6 Å². The Morgan fingerprint density at radius 3 is 2.41 bits per heavy atom. The van der Waals surface area contributed by atoms with E-state index in [1.54, 1.807) is 17.5 Å². The van der Waals surface area contributed by atoms with Crippen LogP contribution in [0.15, 0.2) is 47.8 Å². The van der Waals surface area contributed by atoms with Crippen LogP contribution in [0.5, 0.6) is 0 Å². The Labute approximate surface area is 167 Å². The van der Waals surface area contributed by atoms with E-state index < -0.39 is 34.6 Å². The molecule has 0 saturated carbocycles. The molecule has 3 aromatic rings. The fraction of sp³-hybridized carbons (Fsp3) is 0.150. The molecule has 1 unspecified atom stereocenters. The van der Waals surface area contributed by atoms with Crippen molar-refractivity contribution >= 4 is 23.2 Å².